The van der Waals surface area contributed by atoms with Crippen LogP contribution in [-0.2, 0) is 4.74 Å². The maximum atomic E-state index is 5.75. The van der Waals surface area contributed by atoms with E-state index in [1.165, 1.54) is 19.3 Å². The van der Waals surface area contributed by atoms with E-state index < -0.39 is 0 Å². The molecule has 0 unspecified atom stereocenters. The summed E-state index contributed by atoms with van der Waals surface area (Å²) >= 11 is 0. The number of unbranched alkanes of at least 4 members (excludes halogenated alkanes) is 3. The van der Waals surface area contributed by atoms with Crippen molar-refractivity contribution in [3.63, 3.8) is 0 Å². The predicted octanol–water partition coefficient (Wildman–Crippen LogP) is 3.24. The summed E-state index contributed by atoms with van der Waals surface area (Å²) in [5.74, 6) is 0.738. The van der Waals surface area contributed by atoms with Crippen LogP contribution in [0.5, 0.6) is 5.75 Å². The molecule has 96 valence electrons. The van der Waals surface area contributed by atoms with Gasteiger partial charge in [-0.15, -0.1) is 0 Å². The molecule has 0 fully saturated rings. The van der Waals surface area contributed by atoms with Gasteiger partial charge in [-0.1, -0.05) is 38.3 Å². The third-order valence-corrected chi connectivity index (χ3v) is 2.55. The Morgan fingerprint density at radius 1 is 1.00 bits per heavy atom. The molecule has 0 aliphatic rings. The zero-order valence-electron chi connectivity index (χ0n) is 10.7. The Hall–Kier alpha value is -1.22. The summed E-state index contributed by atoms with van der Waals surface area (Å²) in [7, 11) is 0. The molecule has 1 aromatic carbocycles. The van der Waals surface area contributed by atoms with Crippen LogP contribution < -0.4 is 10.5 Å². The molecule has 0 heterocycles. The van der Waals surface area contributed by atoms with Crippen LogP contribution >= 0.6 is 0 Å². The molecule has 1 aromatic rings. The van der Waals surface area contributed by atoms with E-state index in [0.717, 1.165) is 18.8 Å². The molecule has 0 aliphatic heterocycles. The van der Waals surface area contributed by atoms with Gasteiger partial charge in [0.2, 0.25) is 0 Å². The summed E-state index contributed by atoms with van der Waals surface area (Å²) in [6.45, 7) is 4.22. The predicted molar refractivity (Wildman–Crippen MR) is 71.3 cm³/mol. The van der Waals surface area contributed by atoms with Gasteiger partial charge in [-0.05, 0) is 18.6 Å². The Morgan fingerprint density at radius 3 is 2.59 bits per heavy atom. The highest BCUT2D eigenvalue weighted by Gasteiger charge is 1.97. The second-order valence-corrected chi connectivity index (χ2v) is 4.06. The number of hydrogen-bond acceptors (Lipinski definition) is 3. The average molecular weight is 237 g/mol. The van der Waals surface area contributed by atoms with Gasteiger partial charge in [0.1, 0.15) is 12.4 Å². The number of nitrogens with two attached hydrogens (primary N) is 1. The van der Waals surface area contributed by atoms with Crippen LogP contribution in [0.4, 0.5) is 5.69 Å². The Bertz CT molecular complexity index is 302. The lowest BCUT2D eigenvalue weighted by atomic mass is 10.2. The second kappa shape index (κ2) is 8.88. The van der Waals surface area contributed by atoms with Crippen molar-refractivity contribution >= 4 is 5.69 Å². The second-order valence-electron chi connectivity index (χ2n) is 4.06. The number of nitrogen functional groups attached to an aromatic ring is 1. The van der Waals surface area contributed by atoms with Gasteiger partial charge in [0.15, 0.2) is 0 Å². The molecule has 0 amide bonds. The van der Waals surface area contributed by atoms with E-state index in [9.17, 15) is 0 Å². The Labute approximate surface area is 104 Å². The molecule has 0 saturated heterocycles. The van der Waals surface area contributed by atoms with Crippen molar-refractivity contribution < 1.29 is 9.47 Å². The highest BCUT2D eigenvalue weighted by Crippen LogP contribution is 2.19. The molecule has 3 heteroatoms. The van der Waals surface area contributed by atoms with E-state index in [1.807, 2.05) is 24.3 Å². The monoisotopic (exact) mass is 237 g/mol. The van der Waals surface area contributed by atoms with Crippen LogP contribution in [0.25, 0.3) is 0 Å². The topological polar surface area (TPSA) is 44.5 Å². The zero-order chi connectivity index (χ0) is 12.3. The number of ether oxygens (including phenoxy) is 2. The maximum absolute atomic E-state index is 5.75. The van der Waals surface area contributed by atoms with Crippen molar-refractivity contribution in [3.05, 3.63) is 24.3 Å². The number of rotatable bonds is 9. The average Bonchev–Trinajstić information content (AvgIpc) is 2.35. The minimum atomic E-state index is 0.558. The van der Waals surface area contributed by atoms with Gasteiger partial charge in [-0.2, -0.15) is 0 Å². The fraction of sp³-hybridized carbons (Fsp3) is 0.571. The van der Waals surface area contributed by atoms with E-state index in [4.69, 9.17) is 15.2 Å². The van der Waals surface area contributed by atoms with Gasteiger partial charge in [0, 0.05) is 6.61 Å². The molecule has 0 spiro atoms. The molecular weight excluding hydrogens is 214 g/mol. The molecule has 0 aromatic heterocycles. The first-order valence-corrected chi connectivity index (χ1v) is 6.39. The Kier molecular flexibility index (Phi) is 7.23. The molecule has 0 saturated carbocycles. The highest BCUT2D eigenvalue weighted by molar-refractivity contribution is 5.51. The molecule has 2 N–H and O–H groups in total. The largest absolute Gasteiger partial charge is 0.489 e. The summed E-state index contributed by atoms with van der Waals surface area (Å²) in [5, 5.41) is 0. The van der Waals surface area contributed by atoms with Crippen molar-refractivity contribution in [1.82, 2.24) is 0 Å². The summed E-state index contributed by atoms with van der Waals surface area (Å²) in [6.07, 6.45) is 4.95. The molecule has 0 bridgehead atoms. The number of hydrogen-bond donors (Lipinski definition) is 1. The van der Waals surface area contributed by atoms with E-state index >= 15 is 0 Å². The van der Waals surface area contributed by atoms with Crippen LogP contribution in [0.15, 0.2) is 24.3 Å². The summed E-state index contributed by atoms with van der Waals surface area (Å²) in [5.41, 5.74) is 6.43. The SMILES string of the molecule is CCCCCCOCCOc1ccccc1N. The smallest absolute Gasteiger partial charge is 0.142 e. The standard InChI is InChI=1S/C14H23NO2/c1-2-3-4-7-10-16-11-12-17-14-9-6-5-8-13(14)15/h5-6,8-9H,2-4,7,10-12,15H2,1H3. The summed E-state index contributed by atoms with van der Waals surface area (Å²) < 4.78 is 11.0. The lowest BCUT2D eigenvalue weighted by Crippen LogP contribution is -2.08. The van der Waals surface area contributed by atoms with Crippen LogP contribution in [0, 0.1) is 0 Å². The van der Waals surface area contributed by atoms with E-state index in [0.29, 0.717) is 18.9 Å². The third kappa shape index (κ3) is 6.17. The Morgan fingerprint density at radius 2 is 1.82 bits per heavy atom. The van der Waals surface area contributed by atoms with Crippen molar-refractivity contribution in [1.29, 1.82) is 0 Å². The highest BCUT2D eigenvalue weighted by atomic mass is 16.5. The van der Waals surface area contributed by atoms with Gasteiger partial charge in [0.05, 0.1) is 12.3 Å². The maximum Gasteiger partial charge on any atom is 0.142 e. The summed E-state index contributed by atoms with van der Waals surface area (Å²) in [6, 6.07) is 7.52. The third-order valence-electron chi connectivity index (χ3n) is 2.55. The van der Waals surface area contributed by atoms with Gasteiger partial charge >= 0.3 is 0 Å². The van der Waals surface area contributed by atoms with Crippen LogP contribution in [0.3, 0.4) is 0 Å². The van der Waals surface area contributed by atoms with Crippen molar-refractivity contribution in [2.75, 3.05) is 25.6 Å². The minimum Gasteiger partial charge on any atom is -0.489 e. The van der Waals surface area contributed by atoms with Crippen LogP contribution in [0.2, 0.25) is 0 Å². The molecule has 1 rings (SSSR count). The van der Waals surface area contributed by atoms with Crippen molar-refractivity contribution in [2.24, 2.45) is 0 Å². The molecule has 0 radical (unpaired) electrons. The summed E-state index contributed by atoms with van der Waals surface area (Å²) in [4.78, 5) is 0. The van der Waals surface area contributed by atoms with E-state index in [-0.39, 0.29) is 0 Å². The fourth-order valence-corrected chi connectivity index (χ4v) is 1.56. The van der Waals surface area contributed by atoms with E-state index in [2.05, 4.69) is 6.92 Å². The molecule has 3 nitrogen and oxygen atoms in total. The lowest BCUT2D eigenvalue weighted by Gasteiger charge is -2.08. The van der Waals surface area contributed by atoms with Crippen LogP contribution in [-0.4, -0.2) is 19.8 Å². The van der Waals surface area contributed by atoms with Crippen molar-refractivity contribution in [2.45, 2.75) is 32.6 Å². The lowest BCUT2D eigenvalue weighted by molar-refractivity contribution is 0.0974. The van der Waals surface area contributed by atoms with Gasteiger partial charge in [-0.3, -0.25) is 0 Å². The molecular formula is C14H23NO2. The number of benzene rings is 1. The zero-order valence-corrected chi connectivity index (χ0v) is 10.7. The van der Waals surface area contributed by atoms with Crippen LogP contribution in [0.1, 0.15) is 32.6 Å². The molecule has 17 heavy (non-hydrogen) atoms. The first kappa shape index (κ1) is 13.8. The Balaban J connectivity index is 1.99. The first-order valence-electron chi connectivity index (χ1n) is 6.39. The number of anilines is 1. The van der Waals surface area contributed by atoms with E-state index in [1.54, 1.807) is 0 Å². The molecule has 0 aliphatic carbocycles. The quantitative estimate of drug-likeness (QED) is 0.529. The van der Waals surface area contributed by atoms with Gasteiger partial charge in [0.25, 0.3) is 0 Å². The van der Waals surface area contributed by atoms with Gasteiger partial charge in [-0.25, -0.2) is 0 Å². The fourth-order valence-electron chi connectivity index (χ4n) is 1.56. The minimum absolute atomic E-state index is 0.558. The molecule has 0 atom stereocenters. The first-order chi connectivity index (χ1) is 8.34. The van der Waals surface area contributed by atoms with Gasteiger partial charge < -0.3 is 15.2 Å². The normalized spacial score (nSPS) is 10.4. The number of para-hydroxylation sites is 2. The van der Waals surface area contributed by atoms with Crippen molar-refractivity contribution in [3.8, 4) is 5.75 Å².